The number of hydrogen-bond acceptors (Lipinski definition) is 6. The van der Waals surface area contributed by atoms with Gasteiger partial charge in [-0.1, -0.05) is 0 Å². The Morgan fingerprint density at radius 3 is 2.83 bits per heavy atom. The SMILES string of the molecule is CCOC(=O)c1c[nH]c(=O)c2c1OC(=O)C[C@@H]2c1ccc(C)o1. The third-order valence-electron chi connectivity index (χ3n) is 3.62. The Hall–Kier alpha value is -2.83. The van der Waals surface area contributed by atoms with Crippen molar-refractivity contribution in [3.05, 3.63) is 51.3 Å². The van der Waals surface area contributed by atoms with Crippen LogP contribution in [0.3, 0.4) is 0 Å². The first-order valence-electron chi connectivity index (χ1n) is 7.21. The molecule has 1 atom stereocenters. The predicted molar refractivity (Wildman–Crippen MR) is 78.6 cm³/mol. The molecule has 0 bridgehead atoms. The zero-order valence-electron chi connectivity index (χ0n) is 12.7. The molecule has 7 nitrogen and oxygen atoms in total. The molecule has 0 saturated carbocycles. The number of nitrogens with one attached hydrogen (secondary N) is 1. The molecule has 0 unspecified atom stereocenters. The minimum absolute atomic E-state index is 0.0165. The Kier molecular flexibility index (Phi) is 3.77. The molecule has 0 fully saturated rings. The van der Waals surface area contributed by atoms with E-state index in [0.29, 0.717) is 11.5 Å². The van der Waals surface area contributed by atoms with Crippen molar-refractivity contribution in [1.29, 1.82) is 0 Å². The fourth-order valence-corrected chi connectivity index (χ4v) is 2.62. The Labute approximate surface area is 131 Å². The number of hydrogen-bond donors (Lipinski definition) is 1. The molecule has 0 aliphatic carbocycles. The van der Waals surface area contributed by atoms with E-state index in [0.717, 1.165) is 0 Å². The molecule has 0 amide bonds. The molecule has 0 aromatic carbocycles. The van der Waals surface area contributed by atoms with Crippen LogP contribution in [-0.4, -0.2) is 23.5 Å². The molecule has 120 valence electrons. The Balaban J connectivity index is 2.17. The maximum atomic E-state index is 12.3. The molecule has 7 heteroatoms. The van der Waals surface area contributed by atoms with Crippen molar-refractivity contribution in [2.75, 3.05) is 6.61 Å². The largest absolute Gasteiger partial charge is 0.466 e. The van der Waals surface area contributed by atoms with Gasteiger partial charge in [0.2, 0.25) is 0 Å². The maximum Gasteiger partial charge on any atom is 0.343 e. The van der Waals surface area contributed by atoms with E-state index in [9.17, 15) is 14.4 Å². The van der Waals surface area contributed by atoms with Crippen molar-refractivity contribution < 1.29 is 23.5 Å². The number of carbonyl (C=O) groups excluding carboxylic acids is 2. The standard InChI is InChI=1S/C16H15NO6/c1-3-21-16(20)10-7-17-15(19)13-9(6-12(18)23-14(10)13)11-5-4-8(2)22-11/h4-5,7,9H,3,6H2,1-2H3,(H,17,19)/t9-/m1/s1. The monoisotopic (exact) mass is 317 g/mol. The summed E-state index contributed by atoms with van der Waals surface area (Å²) in [5, 5.41) is 0. The molecule has 2 aromatic heterocycles. The van der Waals surface area contributed by atoms with E-state index in [-0.39, 0.29) is 29.9 Å². The van der Waals surface area contributed by atoms with Crippen LogP contribution in [0.1, 0.15) is 46.7 Å². The summed E-state index contributed by atoms with van der Waals surface area (Å²) >= 11 is 0. The number of furan rings is 1. The van der Waals surface area contributed by atoms with Crippen molar-refractivity contribution in [1.82, 2.24) is 4.98 Å². The summed E-state index contributed by atoms with van der Waals surface area (Å²) in [7, 11) is 0. The van der Waals surface area contributed by atoms with Gasteiger partial charge in [-0.3, -0.25) is 9.59 Å². The van der Waals surface area contributed by atoms with Gasteiger partial charge in [-0.15, -0.1) is 0 Å². The number of carbonyl (C=O) groups is 2. The van der Waals surface area contributed by atoms with Gasteiger partial charge < -0.3 is 18.9 Å². The highest BCUT2D eigenvalue weighted by atomic mass is 16.5. The van der Waals surface area contributed by atoms with E-state index in [4.69, 9.17) is 13.9 Å². The van der Waals surface area contributed by atoms with E-state index in [1.54, 1.807) is 26.0 Å². The molecular weight excluding hydrogens is 302 g/mol. The molecule has 3 heterocycles. The second-order valence-electron chi connectivity index (χ2n) is 5.17. The zero-order chi connectivity index (χ0) is 16.6. The van der Waals surface area contributed by atoms with Crippen molar-refractivity contribution in [3.63, 3.8) is 0 Å². The van der Waals surface area contributed by atoms with Crippen molar-refractivity contribution in [2.45, 2.75) is 26.2 Å². The molecule has 0 spiro atoms. The molecule has 2 aromatic rings. The number of rotatable bonds is 3. The van der Waals surface area contributed by atoms with Crippen LogP contribution in [0.2, 0.25) is 0 Å². The van der Waals surface area contributed by atoms with Crippen molar-refractivity contribution in [2.24, 2.45) is 0 Å². The molecular formula is C16H15NO6. The molecule has 23 heavy (non-hydrogen) atoms. The fraction of sp³-hybridized carbons (Fsp3) is 0.312. The smallest absolute Gasteiger partial charge is 0.343 e. The predicted octanol–water partition coefficient (Wildman–Crippen LogP) is 1.89. The number of aromatic amines is 1. The first-order valence-corrected chi connectivity index (χ1v) is 7.21. The van der Waals surface area contributed by atoms with Crippen LogP contribution < -0.4 is 10.3 Å². The molecule has 1 aliphatic rings. The minimum atomic E-state index is -0.663. The summed E-state index contributed by atoms with van der Waals surface area (Å²) in [5.41, 5.74) is -0.216. The number of ether oxygens (including phenoxy) is 2. The Morgan fingerprint density at radius 2 is 2.17 bits per heavy atom. The van der Waals surface area contributed by atoms with Gasteiger partial charge in [0.25, 0.3) is 5.56 Å². The lowest BCUT2D eigenvalue weighted by molar-refractivity contribution is -0.135. The highest BCUT2D eigenvalue weighted by Crippen LogP contribution is 2.38. The van der Waals surface area contributed by atoms with E-state index in [1.807, 2.05) is 0 Å². The Morgan fingerprint density at radius 1 is 1.39 bits per heavy atom. The molecule has 0 saturated heterocycles. The first kappa shape index (κ1) is 15.1. The van der Waals surface area contributed by atoms with E-state index >= 15 is 0 Å². The van der Waals surface area contributed by atoms with Gasteiger partial charge in [0, 0.05) is 6.20 Å². The Bertz CT molecular complexity index is 831. The number of aromatic nitrogens is 1. The summed E-state index contributed by atoms with van der Waals surface area (Å²) in [6.45, 7) is 3.60. The van der Waals surface area contributed by atoms with Crippen LogP contribution in [0, 0.1) is 6.92 Å². The lowest BCUT2D eigenvalue weighted by Crippen LogP contribution is -2.29. The average molecular weight is 317 g/mol. The van der Waals surface area contributed by atoms with Gasteiger partial charge in [0.05, 0.1) is 24.5 Å². The highest BCUT2D eigenvalue weighted by Gasteiger charge is 2.36. The van der Waals surface area contributed by atoms with Gasteiger partial charge >= 0.3 is 11.9 Å². The summed E-state index contributed by atoms with van der Waals surface area (Å²) in [6, 6.07) is 3.46. The number of aryl methyl sites for hydroxylation is 1. The quantitative estimate of drug-likeness (QED) is 0.868. The van der Waals surface area contributed by atoms with Crippen LogP contribution in [0.25, 0.3) is 0 Å². The van der Waals surface area contributed by atoms with Crippen LogP contribution in [0.5, 0.6) is 5.75 Å². The van der Waals surface area contributed by atoms with Gasteiger partial charge in [-0.25, -0.2) is 4.79 Å². The lowest BCUT2D eigenvalue weighted by Gasteiger charge is -2.23. The minimum Gasteiger partial charge on any atom is -0.466 e. The topological polar surface area (TPSA) is 98.6 Å². The highest BCUT2D eigenvalue weighted by molar-refractivity contribution is 5.94. The van der Waals surface area contributed by atoms with Crippen LogP contribution >= 0.6 is 0 Å². The van der Waals surface area contributed by atoms with Crippen molar-refractivity contribution >= 4 is 11.9 Å². The second-order valence-corrected chi connectivity index (χ2v) is 5.17. The lowest BCUT2D eigenvalue weighted by atomic mass is 9.90. The van der Waals surface area contributed by atoms with Crippen LogP contribution in [0.15, 0.2) is 27.5 Å². The van der Waals surface area contributed by atoms with Gasteiger partial charge in [0.1, 0.15) is 17.1 Å². The molecule has 3 rings (SSSR count). The number of fused-ring (bicyclic) bond motifs is 1. The third-order valence-corrected chi connectivity index (χ3v) is 3.62. The fourth-order valence-electron chi connectivity index (χ4n) is 2.62. The van der Waals surface area contributed by atoms with Gasteiger partial charge in [-0.2, -0.15) is 0 Å². The van der Waals surface area contributed by atoms with Gasteiger partial charge in [-0.05, 0) is 26.0 Å². The maximum absolute atomic E-state index is 12.3. The van der Waals surface area contributed by atoms with E-state index in [1.165, 1.54) is 6.20 Å². The second kappa shape index (κ2) is 5.75. The van der Waals surface area contributed by atoms with Gasteiger partial charge in [0.15, 0.2) is 5.75 Å². The summed E-state index contributed by atoms with van der Waals surface area (Å²) in [4.78, 5) is 38.7. The number of esters is 2. The van der Waals surface area contributed by atoms with E-state index < -0.39 is 23.4 Å². The van der Waals surface area contributed by atoms with E-state index in [2.05, 4.69) is 4.98 Å². The number of H-pyrrole nitrogens is 1. The summed E-state index contributed by atoms with van der Waals surface area (Å²) in [5.74, 6) is -0.706. The van der Waals surface area contributed by atoms with Crippen LogP contribution in [-0.2, 0) is 9.53 Å². The molecule has 0 radical (unpaired) electrons. The summed E-state index contributed by atoms with van der Waals surface area (Å²) < 4.78 is 15.7. The first-order chi connectivity index (χ1) is 11.0. The summed E-state index contributed by atoms with van der Waals surface area (Å²) in [6.07, 6.45) is 1.16. The average Bonchev–Trinajstić information content (AvgIpc) is 2.93. The zero-order valence-corrected chi connectivity index (χ0v) is 12.7. The molecule has 1 N–H and O–H groups in total. The third kappa shape index (κ3) is 2.65. The molecule has 1 aliphatic heterocycles. The van der Waals surface area contributed by atoms with Crippen LogP contribution in [0.4, 0.5) is 0 Å². The normalized spacial score (nSPS) is 16.6. The number of pyridine rings is 1. The van der Waals surface area contributed by atoms with Crippen molar-refractivity contribution in [3.8, 4) is 5.75 Å².